The molecule has 1 aliphatic rings. The van der Waals surface area contributed by atoms with Gasteiger partial charge in [-0.2, -0.15) is 0 Å². The van der Waals surface area contributed by atoms with Gasteiger partial charge in [-0.05, 0) is 25.8 Å². The first-order chi connectivity index (χ1) is 8.22. The van der Waals surface area contributed by atoms with E-state index < -0.39 is 5.60 Å². The third kappa shape index (κ3) is 3.33. The van der Waals surface area contributed by atoms with Crippen LogP contribution in [0.15, 0.2) is 18.5 Å². The fraction of sp³-hybridized carbons (Fsp3) is 0.615. The van der Waals surface area contributed by atoms with Crippen molar-refractivity contribution in [1.29, 1.82) is 0 Å². The van der Waals surface area contributed by atoms with Gasteiger partial charge in [-0.3, -0.25) is 4.98 Å². The molecule has 0 amide bonds. The number of nitrogens with zero attached hydrogens (tertiary/aromatic N) is 1. The zero-order valence-electron chi connectivity index (χ0n) is 10.4. The molecule has 3 N–H and O–H groups in total. The predicted molar refractivity (Wildman–Crippen MR) is 70.3 cm³/mol. The molecule has 94 valence electrons. The van der Waals surface area contributed by atoms with Crippen LogP contribution in [0.2, 0.25) is 0 Å². The van der Waals surface area contributed by atoms with Crippen LogP contribution in [0.3, 0.4) is 0 Å². The molecule has 0 aromatic carbocycles. The zero-order valence-corrected chi connectivity index (χ0v) is 10.4. The lowest BCUT2D eigenvalue weighted by Crippen LogP contribution is -2.33. The van der Waals surface area contributed by atoms with E-state index in [-0.39, 0.29) is 0 Å². The van der Waals surface area contributed by atoms with E-state index in [9.17, 15) is 5.11 Å². The van der Waals surface area contributed by atoms with E-state index in [1.54, 1.807) is 12.4 Å². The second kappa shape index (κ2) is 5.36. The lowest BCUT2D eigenvalue weighted by molar-refractivity contribution is 0.0615. The Labute approximate surface area is 102 Å². The maximum atomic E-state index is 10.2. The van der Waals surface area contributed by atoms with E-state index in [0.29, 0.717) is 6.54 Å². The van der Waals surface area contributed by atoms with Crippen molar-refractivity contribution < 1.29 is 5.11 Å². The van der Waals surface area contributed by atoms with Gasteiger partial charge >= 0.3 is 0 Å². The average Bonchev–Trinajstić information content (AvgIpc) is 2.76. The molecular weight excluding hydrogens is 214 g/mol. The van der Waals surface area contributed by atoms with Crippen molar-refractivity contribution in [3.05, 3.63) is 18.5 Å². The number of hydrogen-bond donors (Lipinski definition) is 3. The Morgan fingerprint density at radius 1 is 1.24 bits per heavy atom. The van der Waals surface area contributed by atoms with Crippen LogP contribution in [0.1, 0.15) is 32.6 Å². The van der Waals surface area contributed by atoms with Crippen LogP contribution in [0, 0.1) is 0 Å². The van der Waals surface area contributed by atoms with Crippen LogP contribution in [0.5, 0.6) is 0 Å². The predicted octanol–water partition coefficient (Wildman–Crippen LogP) is 2.23. The Kier molecular flexibility index (Phi) is 3.84. The first-order valence-corrected chi connectivity index (χ1v) is 6.37. The van der Waals surface area contributed by atoms with E-state index in [4.69, 9.17) is 0 Å². The molecule has 0 saturated heterocycles. The summed E-state index contributed by atoms with van der Waals surface area (Å²) in [4.78, 5) is 4.16. The molecule has 0 aliphatic heterocycles. The SMILES string of the molecule is CCNc1cncc(NCC2(O)CCCC2)c1. The average molecular weight is 235 g/mol. The minimum atomic E-state index is -0.520. The van der Waals surface area contributed by atoms with Crippen molar-refractivity contribution in [3.8, 4) is 0 Å². The van der Waals surface area contributed by atoms with Gasteiger partial charge in [0.05, 0.1) is 29.4 Å². The summed E-state index contributed by atoms with van der Waals surface area (Å²) >= 11 is 0. The number of aliphatic hydroxyl groups is 1. The smallest absolute Gasteiger partial charge is 0.0819 e. The molecule has 1 aliphatic carbocycles. The molecule has 0 radical (unpaired) electrons. The summed E-state index contributed by atoms with van der Waals surface area (Å²) in [7, 11) is 0. The van der Waals surface area contributed by atoms with Crippen LogP contribution in [0.4, 0.5) is 11.4 Å². The Morgan fingerprint density at radius 3 is 2.53 bits per heavy atom. The monoisotopic (exact) mass is 235 g/mol. The van der Waals surface area contributed by atoms with Crippen molar-refractivity contribution in [2.24, 2.45) is 0 Å². The van der Waals surface area contributed by atoms with Crippen molar-refractivity contribution in [1.82, 2.24) is 4.98 Å². The highest BCUT2D eigenvalue weighted by Crippen LogP contribution is 2.29. The summed E-state index contributed by atoms with van der Waals surface area (Å²) in [6.45, 7) is 3.56. The highest BCUT2D eigenvalue weighted by atomic mass is 16.3. The molecule has 0 spiro atoms. The van der Waals surface area contributed by atoms with E-state index in [1.807, 2.05) is 6.07 Å². The Morgan fingerprint density at radius 2 is 1.88 bits per heavy atom. The van der Waals surface area contributed by atoms with Crippen molar-refractivity contribution in [3.63, 3.8) is 0 Å². The van der Waals surface area contributed by atoms with Crippen molar-refractivity contribution in [2.45, 2.75) is 38.2 Å². The first kappa shape index (κ1) is 12.2. The second-order valence-corrected chi connectivity index (χ2v) is 4.78. The maximum absolute atomic E-state index is 10.2. The molecule has 0 atom stereocenters. The van der Waals surface area contributed by atoms with Gasteiger partial charge in [-0.25, -0.2) is 0 Å². The number of aromatic nitrogens is 1. The van der Waals surface area contributed by atoms with E-state index in [1.165, 1.54) is 0 Å². The van der Waals surface area contributed by atoms with Crippen LogP contribution >= 0.6 is 0 Å². The van der Waals surface area contributed by atoms with E-state index in [0.717, 1.165) is 43.6 Å². The van der Waals surface area contributed by atoms with Gasteiger partial charge < -0.3 is 15.7 Å². The molecule has 17 heavy (non-hydrogen) atoms. The van der Waals surface area contributed by atoms with Gasteiger partial charge in [0.2, 0.25) is 0 Å². The molecule has 0 bridgehead atoms. The van der Waals surface area contributed by atoms with Gasteiger partial charge in [0.25, 0.3) is 0 Å². The Balaban J connectivity index is 1.91. The van der Waals surface area contributed by atoms with Crippen LogP contribution in [-0.2, 0) is 0 Å². The molecule has 1 aromatic heterocycles. The Bertz CT molecular complexity index is 361. The van der Waals surface area contributed by atoms with Crippen LogP contribution < -0.4 is 10.6 Å². The van der Waals surface area contributed by atoms with Crippen LogP contribution in [-0.4, -0.2) is 28.8 Å². The van der Waals surface area contributed by atoms with Crippen LogP contribution in [0.25, 0.3) is 0 Å². The molecule has 0 unspecified atom stereocenters. The molecule has 4 nitrogen and oxygen atoms in total. The number of nitrogens with one attached hydrogen (secondary N) is 2. The first-order valence-electron chi connectivity index (χ1n) is 6.37. The van der Waals surface area contributed by atoms with Crippen molar-refractivity contribution >= 4 is 11.4 Å². The molecular formula is C13H21N3O. The highest BCUT2D eigenvalue weighted by molar-refractivity contribution is 5.54. The van der Waals surface area contributed by atoms with Gasteiger partial charge in [0.15, 0.2) is 0 Å². The third-order valence-corrected chi connectivity index (χ3v) is 3.27. The highest BCUT2D eigenvalue weighted by Gasteiger charge is 2.30. The normalized spacial score (nSPS) is 18.0. The van der Waals surface area contributed by atoms with Gasteiger partial charge in [0.1, 0.15) is 0 Å². The largest absolute Gasteiger partial charge is 0.388 e. The van der Waals surface area contributed by atoms with Gasteiger partial charge in [-0.15, -0.1) is 0 Å². The van der Waals surface area contributed by atoms with E-state index >= 15 is 0 Å². The van der Waals surface area contributed by atoms with Crippen molar-refractivity contribution in [2.75, 3.05) is 23.7 Å². The number of anilines is 2. The maximum Gasteiger partial charge on any atom is 0.0819 e. The minimum absolute atomic E-state index is 0.520. The topological polar surface area (TPSA) is 57.2 Å². The number of hydrogen-bond acceptors (Lipinski definition) is 4. The molecule has 1 aromatic rings. The summed E-state index contributed by atoms with van der Waals surface area (Å²) in [5, 5.41) is 16.7. The quantitative estimate of drug-likeness (QED) is 0.732. The molecule has 2 rings (SSSR count). The number of pyridine rings is 1. The molecule has 1 heterocycles. The molecule has 1 fully saturated rings. The zero-order chi connectivity index (χ0) is 12.1. The van der Waals surface area contributed by atoms with E-state index in [2.05, 4.69) is 22.5 Å². The molecule has 1 saturated carbocycles. The fourth-order valence-electron chi connectivity index (χ4n) is 2.31. The summed E-state index contributed by atoms with van der Waals surface area (Å²) in [6, 6.07) is 2.02. The fourth-order valence-corrected chi connectivity index (χ4v) is 2.31. The standard InChI is InChI=1S/C13H21N3O/c1-2-15-11-7-12(9-14-8-11)16-10-13(17)5-3-4-6-13/h7-9,15-17H,2-6,10H2,1H3. The summed E-state index contributed by atoms with van der Waals surface area (Å²) < 4.78 is 0. The van der Waals surface area contributed by atoms with Gasteiger partial charge in [-0.1, -0.05) is 12.8 Å². The van der Waals surface area contributed by atoms with Gasteiger partial charge in [0, 0.05) is 13.1 Å². The summed E-state index contributed by atoms with van der Waals surface area (Å²) in [5.74, 6) is 0. The lowest BCUT2D eigenvalue weighted by Gasteiger charge is -2.23. The summed E-state index contributed by atoms with van der Waals surface area (Å²) in [5.41, 5.74) is 1.45. The molecule has 4 heteroatoms. The third-order valence-electron chi connectivity index (χ3n) is 3.27. The summed E-state index contributed by atoms with van der Waals surface area (Å²) in [6.07, 6.45) is 7.67. The minimum Gasteiger partial charge on any atom is -0.388 e. The lowest BCUT2D eigenvalue weighted by atomic mass is 10.0. The second-order valence-electron chi connectivity index (χ2n) is 4.78. The Hall–Kier alpha value is -1.29. The number of rotatable bonds is 5.